The van der Waals surface area contributed by atoms with Crippen molar-refractivity contribution in [2.75, 3.05) is 0 Å². The predicted octanol–water partition coefficient (Wildman–Crippen LogP) is 2.28. The standard InChI is InChI=1S/C11H6FN3O/c12-9-6-8(7-13)2-3-10(9)16-11-14-4-1-5-15-11/h1-6H. The van der Waals surface area contributed by atoms with Crippen molar-refractivity contribution in [1.29, 1.82) is 5.26 Å². The van der Waals surface area contributed by atoms with Gasteiger partial charge in [0.25, 0.3) is 0 Å². The van der Waals surface area contributed by atoms with Crippen LogP contribution < -0.4 is 4.74 Å². The Morgan fingerprint density at radius 3 is 2.62 bits per heavy atom. The van der Waals surface area contributed by atoms with E-state index in [1.165, 1.54) is 24.5 Å². The molecule has 1 aromatic carbocycles. The van der Waals surface area contributed by atoms with Crippen LogP contribution in [0.15, 0.2) is 36.7 Å². The normalized spacial score (nSPS) is 9.50. The molecule has 2 rings (SSSR count). The Bertz CT molecular complexity index is 537. The van der Waals surface area contributed by atoms with E-state index in [2.05, 4.69) is 9.97 Å². The lowest BCUT2D eigenvalue weighted by molar-refractivity contribution is 0.411. The maximum Gasteiger partial charge on any atom is 0.321 e. The number of nitriles is 1. The third kappa shape index (κ3) is 2.12. The van der Waals surface area contributed by atoms with Gasteiger partial charge in [0.05, 0.1) is 11.6 Å². The van der Waals surface area contributed by atoms with Crippen molar-refractivity contribution in [1.82, 2.24) is 9.97 Å². The van der Waals surface area contributed by atoms with Gasteiger partial charge in [0.2, 0.25) is 0 Å². The molecule has 5 heteroatoms. The highest BCUT2D eigenvalue weighted by Crippen LogP contribution is 2.21. The minimum atomic E-state index is -0.619. The molecule has 0 N–H and O–H groups in total. The highest BCUT2D eigenvalue weighted by Gasteiger charge is 2.06. The van der Waals surface area contributed by atoms with Gasteiger partial charge >= 0.3 is 6.01 Å². The number of hydrogen-bond acceptors (Lipinski definition) is 4. The molecule has 0 radical (unpaired) electrons. The maximum atomic E-state index is 13.4. The summed E-state index contributed by atoms with van der Waals surface area (Å²) in [6, 6.07) is 7.44. The van der Waals surface area contributed by atoms with E-state index in [0.717, 1.165) is 6.07 Å². The Hall–Kier alpha value is -2.48. The molecular formula is C11H6FN3O. The Labute approximate surface area is 91.0 Å². The second-order valence-corrected chi connectivity index (χ2v) is 2.89. The zero-order valence-corrected chi connectivity index (χ0v) is 8.09. The van der Waals surface area contributed by atoms with E-state index in [1.54, 1.807) is 6.07 Å². The summed E-state index contributed by atoms with van der Waals surface area (Å²) in [6.45, 7) is 0. The summed E-state index contributed by atoms with van der Waals surface area (Å²) < 4.78 is 18.5. The Balaban J connectivity index is 2.27. The van der Waals surface area contributed by atoms with Gasteiger partial charge in [-0.15, -0.1) is 0 Å². The number of ether oxygens (including phenoxy) is 1. The van der Waals surface area contributed by atoms with Crippen molar-refractivity contribution in [3.63, 3.8) is 0 Å². The average molecular weight is 215 g/mol. The number of halogens is 1. The lowest BCUT2D eigenvalue weighted by atomic mass is 10.2. The van der Waals surface area contributed by atoms with Crippen LogP contribution in [0.2, 0.25) is 0 Å². The second-order valence-electron chi connectivity index (χ2n) is 2.89. The molecule has 78 valence electrons. The van der Waals surface area contributed by atoms with Crippen molar-refractivity contribution in [3.05, 3.63) is 48.0 Å². The summed E-state index contributed by atoms with van der Waals surface area (Å²) in [6.07, 6.45) is 2.98. The van der Waals surface area contributed by atoms with Crippen LogP contribution in [0.1, 0.15) is 5.56 Å². The quantitative estimate of drug-likeness (QED) is 0.771. The fourth-order valence-electron chi connectivity index (χ4n) is 1.09. The number of aromatic nitrogens is 2. The van der Waals surface area contributed by atoms with Gasteiger partial charge < -0.3 is 4.74 Å². The van der Waals surface area contributed by atoms with Gasteiger partial charge in [0.1, 0.15) is 0 Å². The molecule has 4 nitrogen and oxygen atoms in total. The van der Waals surface area contributed by atoms with Crippen molar-refractivity contribution in [2.24, 2.45) is 0 Å². The van der Waals surface area contributed by atoms with Crippen LogP contribution in [0, 0.1) is 17.1 Å². The van der Waals surface area contributed by atoms with Crippen LogP contribution in [0.5, 0.6) is 11.8 Å². The van der Waals surface area contributed by atoms with Crippen LogP contribution in [-0.4, -0.2) is 9.97 Å². The van der Waals surface area contributed by atoms with Crippen molar-refractivity contribution in [2.45, 2.75) is 0 Å². The van der Waals surface area contributed by atoms with Crippen LogP contribution in [0.4, 0.5) is 4.39 Å². The van der Waals surface area contributed by atoms with Gasteiger partial charge in [-0.05, 0) is 24.3 Å². The van der Waals surface area contributed by atoms with Crippen LogP contribution in [0.25, 0.3) is 0 Å². The number of hydrogen-bond donors (Lipinski definition) is 0. The molecule has 0 spiro atoms. The maximum absolute atomic E-state index is 13.4. The molecule has 0 aliphatic carbocycles. The van der Waals surface area contributed by atoms with Gasteiger partial charge in [-0.2, -0.15) is 5.26 Å². The van der Waals surface area contributed by atoms with Crippen molar-refractivity contribution >= 4 is 0 Å². The first-order valence-corrected chi connectivity index (χ1v) is 4.44. The van der Waals surface area contributed by atoms with E-state index in [1.807, 2.05) is 6.07 Å². The zero-order valence-electron chi connectivity index (χ0n) is 8.09. The highest BCUT2D eigenvalue weighted by molar-refractivity contribution is 5.36. The second kappa shape index (κ2) is 4.36. The molecule has 0 aliphatic rings. The summed E-state index contributed by atoms with van der Waals surface area (Å²) in [4.78, 5) is 7.59. The Morgan fingerprint density at radius 1 is 1.25 bits per heavy atom. The molecule has 0 atom stereocenters. The first-order chi connectivity index (χ1) is 7.79. The summed E-state index contributed by atoms with van der Waals surface area (Å²) in [7, 11) is 0. The summed E-state index contributed by atoms with van der Waals surface area (Å²) >= 11 is 0. The zero-order chi connectivity index (χ0) is 11.4. The average Bonchev–Trinajstić information content (AvgIpc) is 2.33. The molecule has 0 saturated heterocycles. The van der Waals surface area contributed by atoms with Gasteiger partial charge in [-0.3, -0.25) is 0 Å². The summed E-state index contributed by atoms with van der Waals surface area (Å²) in [5.74, 6) is -0.628. The third-order valence-corrected chi connectivity index (χ3v) is 1.80. The number of nitrogens with zero attached hydrogens (tertiary/aromatic N) is 3. The summed E-state index contributed by atoms with van der Waals surface area (Å²) in [5, 5.41) is 8.56. The van der Waals surface area contributed by atoms with Gasteiger partial charge in [-0.25, -0.2) is 14.4 Å². The first-order valence-electron chi connectivity index (χ1n) is 4.44. The van der Waals surface area contributed by atoms with Crippen LogP contribution >= 0.6 is 0 Å². The van der Waals surface area contributed by atoms with Gasteiger partial charge in [-0.1, -0.05) is 0 Å². The minimum absolute atomic E-state index is 0.00907. The van der Waals surface area contributed by atoms with E-state index in [-0.39, 0.29) is 17.3 Å². The molecule has 16 heavy (non-hydrogen) atoms. The molecule has 0 fully saturated rings. The third-order valence-electron chi connectivity index (χ3n) is 1.80. The summed E-state index contributed by atoms with van der Waals surface area (Å²) in [5.41, 5.74) is 0.235. The molecule has 0 aliphatic heterocycles. The first kappa shape index (κ1) is 10.1. The van der Waals surface area contributed by atoms with Crippen molar-refractivity contribution in [3.8, 4) is 17.8 Å². The molecule has 2 aromatic rings. The van der Waals surface area contributed by atoms with Gasteiger partial charge in [0, 0.05) is 12.4 Å². The molecular weight excluding hydrogens is 209 g/mol. The lowest BCUT2D eigenvalue weighted by Crippen LogP contribution is -1.93. The van der Waals surface area contributed by atoms with Crippen LogP contribution in [-0.2, 0) is 0 Å². The molecule has 0 unspecified atom stereocenters. The lowest BCUT2D eigenvalue weighted by Gasteiger charge is -2.03. The SMILES string of the molecule is N#Cc1ccc(Oc2ncccn2)c(F)c1. The largest absolute Gasteiger partial charge is 0.421 e. The molecule has 0 amide bonds. The Kier molecular flexibility index (Phi) is 2.74. The minimum Gasteiger partial charge on any atom is -0.421 e. The smallest absolute Gasteiger partial charge is 0.321 e. The molecule has 0 saturated carbocycles. The monoisotopic (exact) mass is 215 g/mol. The van der Waals surface area contributed by atoms with Crippen LogP contribution in [0.3, 0.4) is 0 Å². The Morgan fingerprint density at radius 2 is 2.00 bits per heavy atom. The van der Waals surface area contributed by atoms with E-state index >= 15 is 0 Å². The van der Waals surface area contributed by atoms with E-state index < -0.39 is 5.82 Å². The number of rotatable bonds is 2. The molecule has 1 heterocycles. The fourth-order valence-corrected chi connectivity index (χ4v) is 1.09. The van der Waals surface area contributed by atoms with E-state index in [0.29, 0.717) is 0 Å². The highest BCUT2D eigenvalue weighted by atomic mass is 19.1. The predicted molar refractivity (Wildman–Crippen MR) is 53.2 cm³/mol. The molecule has 1 aromatic heterocycles. The van der Waals surface area contributed by atoms with E-state index in [4.69, 9.17) is 10.00 Å². The van der Waals surface area contributed by atoms with E-state index in [9.17, 15) is 4.39 Å². The fraction of sp³-hybridized carbons (Fsp3) is 0. The molecule has 0 bridgehead atoms. The van der Waals surface area contributed by atoms with Crippen molar-refractivity contribution < 1.29 is 9.13 Å². The van der Waals surface area contributed by atoms with Gasteiger partial charge in [0.15, 0.2) is 11.6 Å². The number of benzene rings is 1. The topological polar surface area (TPSA) is 58.8 Å².